The number of nitrogens with zero attached hydrogens (tertiary/aromatic N) is 1. The highest BCUT2D eigenvalue weighted by Gasteiger charge is 2.28. The molecule has 3 N–H and O–H groups in total. The van der Waals surface area contributed by atoms with Crippen molar-refractivity contribution in [3.63, 3.8) is 0 Å². The first-order chi connectivity index (χ1) is 17.0. The third kappa shape index (κ3) is 6.03. The summed E-state index contributed by atoms with van der Waals surface area (Å²) in [5.74, 6) is -1.14. The maximum Gasteiger partial charge on any atom is 0.407 e. The lowest BCUT2D eigenvalue weighted by atomic mass is 9.98. The SMILES string of the molecule is O=C(O)CCCCNC(=O)c1ccnc(CNC(=O)OCC2c3ccccc3-c3ccccc32)c1. The molecule has 3 aromatic rings. The highest BCUT2D eigenvalue weighted by Crippen LogP contribution is 2.44. The van der Waals surface area contributed by atoms with Crippen LogP contribution in [0.25, 0.3) is 11.1 Å². The highest BCUT2D eigenvalue weighted by atomic mass is 16.5. The number of fused-ring (bicyclic) bond motifs is 3. The fourth-order valence-electron chi connectivity index (χ4n) is 4.23. The number of amides is 2. The van der Waals surface area contributed by atoms with Crippen LogP contribution in [-0.4, -0.2) is 41.2 Å². The van der Waals surface area contributed by atoms with Crippen molar-refractivity contribution in [2.75, 3.05) is 13.2 Å². The first kappa shape index (κ1) is 23.9. The molecule has 2 aromatic carbocycles. The lowest BCUT2D eigenvalue weighted by Crippen LogP contribution is -2.27. The van der Waals surface area contributed by atoms with Crippen molar-refractivity contribution in [1.82, 2.24) is 15.6 Å². The number of ether oxygens (including phenoxy) is 1. The van der Waals surface area contributed by atoms with E-state index in [0.29, 0.717) is 30.6 Å². The number of carbonyl (C=O) groups is 3. The summed E-state index contributed by atoms with van der Waals surface area (Å²) in [6.07, 6.45) is 2.12. The number of carboxylic acids is 1. The molecule has 1 aliphatic carbocycles. The molecular weight excluding hydrogens is 446 g/mol. The zero-order valence-corrected chi connectivity index (χ0v) is 19.2. The van der Waals surface area contributed by atoms with Crippen LogP contribution in [0, 0.1) is 0 Å². The third-order valence-corrected chi connectivity index (χ3v) is 5.94. The second-order valence-corrected chi connectivity index (χ2v) is 8.32. The Morgan fingerprint density at radius 2 is 1.60 bits per heavy atom. The average Bonchev–Trinajstić information content (AvgIpc) is 3.19. The maximum atomic E-state index is 12.4. The van der Waals surface area contributed by atoms with Crippen LogP contribution in [0.15, 0.2) is 66.9 Å². The Balaban J connectivity index is 1.27. The molecule has 1 heterocycles. The van der Waals surface area contributed by atoms with Crippen molar-refractivity contribution in [3.8, 4) is 11.1 Å². The number of rotatable bonds is 10. The summed E-state index contributed by atoms with van der Waals surface area (Å²) in [6, 6.07) is 19.5. The molecule has 0 unspecified atom stereocenters. The first-order valence-electron chi connectivity index (χ1n) is 11.6. The van der Waals surface area contributed by atoms with Crippen molar-refractivity contribution in [2.24, 2.45) is 0 Å². The van der Waals surface area contributed by atoms with Gasteiger partial charge in [-0.15, -0.1) is 0 Å². The van der Waals surface area contributed by atoms with Gasteiger partial charge >= 0.3 is 12.1 Å². The van der Waals surface area contributed by atoms with Crippen LogP contribution in [0.4, 0.5) is 4.79 Å². The maximum absolute atomic E-state index is 12.4. The molecule has 180 valence electrons. The van der Waals surface area contributed by atoms with Gasteiger partial charge in [0, 0.05) is 30.6 Å². The van der Waals surface area contributed by atoms with Crippen LogP contribution in [0.5, 0.6) is 0 Å². The van der Waals surface area contributed by atoms with E-state index in [1.807, 2.05) is 24.3 Å². The van der Waals surface area contributed by atoms with Crippen molar-refractivity contribution in [3.05, 3.63) is 89.2 Å². The van der Waals surface area contributed by atoms with E-state index in [9.17, 15) is 14.4 Å². The van der Waals surface area contributed by atoms with E-state index in [-0.39, 0.29) is 31.4 Å². The normalized spacial score (nSPS) is 11.9. The monoisotopic (exact) mass is 473 g/mol. The lowest BCUT2D eigenvalue weighted by Gasteiger charge is -2.14. The first-order valence-corrected chi connectivity index (χ1v) is 11.6. The van der Waals surface area contributed by atoms with Crippen molar-refractivity contribution < 1.29 is 24.2 Å². The smallest absolute Gasteiger partial charge is 0.407 e. The number of nitrogens with one attached hydrogen (secondary N) is 2. The van der Waals surface area contributed by atoms with E-state index in [1.54, 1.807) is 12.1 Å². The molecule has 0 aliphatic heterocycles. The number of aromatic nitrogens is 1. The Labute approximate surface area is 203 Å². The molecule has 0 saturated carbocycles. The van der Waals surface area contributed by atoms with E-state index in [4.69, 9.17) is 9.84 Å². The zero-order chi connectivity index (χ0) is 24.6. The minimum atomic E-state index is -0.848. The summed E-state index contributed by atoms with van der Waals surface area (Å²) in [4.78, 5) is 39.4. The largest absolute Gasteiger partial charge is 0.481 e. The number of hydrogen-bond donors (Lipinski definition) is 3. The van der Waals surface area contributed by atoms with Crippen LogP contribution in [0.2, 0.25) is 0 Å². The Hall–Kier alpha value is -4.20. The fraction of sp³-hybridized carbons (Fsp3) is 0.259. The molecule has 0 spiro atoms. The second kappa shape index (κ2) is 11.3. The standard InChI is InChI=1S/C27H27N3O5/c31-25(32)11-5-6-13-29-26(33)18-12-14-28-19(15-18)16-30-27(34)35-17-24-22-9-3-1-7-20(22)21-8-2-4-10-23(21)24/h1-4,7-10,12,14-15,24H,5-6,11,13,16-17H2,(H,29,33)(H,30,34)(H,31,32). The van der Waals surface area contributed by atoms with Gasteiger partial charge < -0.3 is 20.5 Å². The molecule has 0 bridgehead atoms. The van der Waals surface area contributed by atoms with Gasteiger partial charge in [-0.05, 0) is 47.2 Å². The summed E-state index contributed by atoms with van der Waals surface area (Å²) in [5, 5.41) is 14.1. The molecule has 35 heavy (non-hydrogen) atoms. The van der Waals surface area contributed by atoms with Gasteiger partial charge in [0.15, 0.2) is 0 Å². The number of carbonyl (C=O) groups excluding carboxylic acids is 2. The number of pyridine rings is 1. The van der Waals surface area contributed by atoms with E-state index in [2.05, 4.69) is 39.9 Å². The molecule has 0 radical (unpaired) electrons. The van der Waals surface area contributed by atoms with E-state index >= 15 is 0 Å². The van der Waals surface area contributed by atoms with E-state index in [1.165, 1.54) is 17.3 Å². The summed E-state index contributed by atoms with van der Waals surface area (Å²) < 4.78 is 5.53. The Bertz CT molecular complexity index is 1180. The molecule has 0 atom stereocenters. The van der Waals surface area contributed by atoms with Crippen molar-refractivity contribution >= 4 is 18.0 Å². The topological polar surface area (TPSA) is 118 Å². The Kier molecular flexibility index (Phi) is 7.72. The van der Waals surface area contributed by atoms with Gasteiger partial charge in [-0.2, -0.15) is 0 Å². The molecule has 0 fully saturated rings. The summed E-state index contributed by atoms with van der Waals surface area (Å²) in [7, 11) is 0. The van der Waals surface area contributed by atoms with Gasteiger partial charge in [-0.25, -0.2) is 4.79 Å². The Morgan fingerprint density at radius 3 is 2.29 bits per heavy atom. The minimum absolute atomic E-state index is 0.0196. The van der Waals surface area contributed by atoms with Gasteiger partial charge in [0.25, 0.3) is 5.91 Å². The number of alkyl carbamates (subject to hydrolysis) is 1. The molecular formula is C27H27N3O5. The lowest BCUT2D eigenvalue weighted by molar-refractivity contribution is -0.137. The Morgan fingerprint density at radius 1 is 0.914 bits per heavy atom. The molecule has 8 nitrogen and oxygen atoms in total. The van der Waals surface area contributed by atoms with Crippen molar-refractivity contribution in [1.29, 1.82) is 0 Å². The van der Waals surface area contributed by atoms with Crippen LogP contribution in [-0.2, 0) is 16.1 Å². The van der Waals surface area contributed by atoms with Crippen LogP contribution in [0.3, 0.4) is 0 Å². The molecule has 4 rings (SSSR count). The van der Waals surface area contributed by atoms with Crippen LogP contribution < -0.4 is 10.6 Å². The molecule has 8 heteroatoms. The van der Waals surface area contributed by atoms with Gasteiger partial charge in [-0.3, -0.25) is 14.6 Å². The van der Waals surface area contributed by atoms with E-state index < -0.39 is 12.1 Å². The molecule has 1 aromatic heterocycles. The van der Waals surface area contributed by atoms with E-state index in [0.717, 1.165) is 11.1 Å². The van der Waals surface area contributed by atoms with Gasteiger partial charge in [0.1, 0.15) is 6.61 Å². The number of carboxylic acid groups (broad SMARTS) is 1. The van der Waals surface area contributed by atoms with Crippen LogP contribution >= 0.6 is 0 Å². The summed E-state index contributed by atoms with van der Waals surface area (Å²) >= 11 is 0. The molecule has 2 amide bonds. The van der Waals surface area contributed by atoms with Crippen molar-refractivity contribution in [2.45, 2.75) is 31.7 Å². The quantitative estimate of drug-likeness (QED) is 0.382. The molecule has 1 aliphatic rings. The predicted octanol–water partition coefficient (Wildman–Crippen LogP) is 4.11. The predicted molar refractivity (Wildman–Crippen MR) is 130 cm³/mol. The van der Waals surface area contributed by atoms with Gasteiger partial charge in [-0.1, -0.05) is 48.5 Å². The number of unbranched alkanes of at least 4 members (excludes halogenated alkanes) is 1. The average molecular weight is 474 g/mol. The summed E-state index contributed by atoms with van der Waals surface area (Å²) in [5.41, 5.74) is 5.56. The van der Waals surface area contributed by atoms with Gasteiger partial charge in [0.05, 0.1) is 12.2 Å². The highest BCUT2D eigenvalue weighted by molar-refractivity contribution is 5.94. The molecule has 0 saturated heterocycles. The number of hydrogen-bond acceptors (Lipinski definition) is 5. The van der Waals surface area contributed by atoms with Crippen LogP contribution in [0.1, 0.15) is 52.4 Å². The number of aliphatic carboxylic acids is 1. The zero-order valence-electron chi connectivity index (χ0n) is 19.2. The minimum Gasteiger partial charge on any atom is -0.481 e. The second-order valence-electron chi connectivity index (χ2n) is 8.32. The fourth-order valence-corrected chi connectivity index (χ4v) is 4.23. The summed E-state index contributed by atoms with van der Waals surface area (Å²) in [6.45, 7) is 0.732. The van der Waals surface area contributed by atoms with Gasteiger partial charge in [0.2, 0.25) is 0 Å². The third-order valence-electron chi connectivity index (χ3n) is 5.94. The number of benzene rings is 2.